The van der Waals surface area contributed by atoms with E-state index in [0.717, 1.165) is 0 Å². The molecule has 0 saturated carbocycles. The predicted octanol–water partition coefficient (Wildman–Crippen LogP) is 0.937. The highest BCUT2D eigenvalue weighted by atomic mass is 16.5. The fraction of sp³-hybridized carbons (Fsp3) is 0.625. The first-order chi connectivity index (χ1) is 4.54. The molecule has 0 aliphatic rings. The third kappa shape index (κ3) is 7.06. The largest absolute Gasteiger partial charge is 0.462 e. The monoisotopic (exact) mass is 160 g/mol. The molecule has 0 fully saturated rings. The highest BCUT2D eigenvalue weighted by molar-refractivity contribution is 5.86. The lowest BCUT2D eigenvalue weighted by Gasteiger charge is -2.05. The first kappa shape index (κ1) is 12.8. The lowest BCUT2D eigenvalue weighted by molar-refractivity contribution is -0.139. The molecule has 0 saturated heterocycles. The van der Waals surface area contributed by atoms with Crippen molar-refractivity contribution in [3.63, 3.8) is 0 Å². The van der Waals surface area contributed by atoms with Gasteiger partial charge in [-0.1, -0.05) is 20.4 Å². The van der Waals surface area contributed by atoms with Gasteiger partial charge in [0.15, 0.2) is 0 Å². The zero-order chi connectivity index (χ0) is 8.15. The highest BCUT2D eigenvalue weighted by Crippen LogP contribution is 1.97. The maximum atomic E-state index is 10.7. The molecule has 0 aliphatic heterocycles. The lowest BCUT2D eigenvalue weighted by atomic mass is 10.2. The van der Waals surface area contributed by atoms with Crippen LogP contribution in [0.15, 0.2) is 12.2 Å². The minimum Gasteiger partial charge on any atom is -0.462 e. The number of carbonyl (C=O) groups is 1. The van der Waals surface area contributed by atoms with Gasteiger partial charge in [0.05, 0.1) is 6.61 Å². The number of hydrogen-bond acceptors (Lipinski definition) is 2. The number of esters is 1. The molecule has 11 heavy (non-hydrogen) atoms. The van der Waals surface area contributed by atoms with Crippen molar-refractivity contribution in [2.45, 2.75) is 20.8 Å². The van der Waals surface area contributed by atoms with Crippen LogP contribution in [-0.4, -0.2) is 18.1 Å². The van der Waals surface area contributed by atoms with Gasteiger partial charge in [-0.15, -0.1) is 0 Å². The predicted molar refractivity (Wildman–Crippen MR) is 44.2 cm³/mol. The Labute approximate surface area is 67.4 Å². The summed E-state index contributed by atoms with van der Waals surface area (Å²) in [4.78, 5) is 10.7. The Balaban J connectivity index is 0. The Morgan fingerprint density at radius 3 is 2.27 bits per heavy atom. The van der Waals surface area contributed by atoms with Crippen LogP contribution in [-0.2, 0) is 9.53 Å². The van der Waals surface area contributed by atoms with Gasteiger partial charge in [-0.05, 0) is 12.8 Å². The lowest BCUT2D eigenvalue weighted by Crippen LogP contribution is -2.09. The van der Waals surface area contributed by atoms with Crippen molar-refractivity contribution in [1.29, 1.82) is 0 Å². The molecule has 3 heteroatoms. The van der Waals surface area contributed by atoms with Crippen LogP contribution in [0.4, 0.5) is 0 Å². The van der Waals surface area contributed by atoms with Gasteiger partial charge in [0.2, 0.25) is 0 Å². The first-order valence-electron chi connectivity index (χ1n) is 3.36. The zero-order valence-electron chi connectivity index (χ0n) is 7.31. The Kier molecular flexibility index (Phi) is 6.89. The molecule has 0 atom stereocenters. The van der Waals surface area contributed by atoms with Gasteiger partial charge < -0.3 is 10.2 Å². The van der Waals surface area contributed by atoms with Crippen LogP contribution in [0, 0.1) is 5.92 Å². The Bertz CT molecular complexity index is 138. The third-order valence-electron chi connectivity index (χ3n) is 0.896. The van der Waals surface area contributed by atoms with Gasteiger partial charge in [0.25, 0.3) is 0 Å². The van der Waals surface area contributed by atoms with Crippen LogP contribution in [0.25, 0.3) is 0 Å². The normalized spacial score (nSPS) is 8.73. The quantitative estimate of drug-likeness (QED) is 0.455. The average molecular weight is 160 g/mol. The molecule has 0 bridgehead atoms. The summed E-state index contributed by atoms with van der Waals surface area (Å²) in [5.41, 5.74) is 0.459. The van der Waals surface area contributed by atoms with Gasteiger partial charge in [-0.25, -0.2) is 4.79 Å². The van der Waals surface area contributed by atoms with Crippen molar-refractivity contribution < 1.29 is 15.0 Å². The summed E-state index contributed by atoms with van der Waals surface area (Å²) in [6, 6.07) is 0. The summed E-state index contributed by atoms with van der Waals surface area (Å²) in [6.07, 6.45) is 0. The van der Waals surface area contributed by atoms with Gasteiger partial charge in [-0.3, -0.25) is 0 Å². The second-order valence-electron chi connectivity index (χ2n) is 2.77. The summed E-state index contributed by atoms with van der Waals surface area (Å²) in [5, 5.41) is 0. The van der Waals surface area contributed by atoms with Gasteiger partial charge in [0, 0.05) is 5.57 Å². The Morgan fingerprint density at radius 2 is 2.00 bits per heavy atom. The number of hydrogen-bond donors (Lipinski definition) is 0. The van der Waals surface area contributed by atoms with E-state index in [0.29, 0.717) is 18.1 Å². The van der Waals surface area contributed by atoms with E-state index in [9.17, 15) is 4.79 Å². The van der Waals surface area contributed by atoms with Crippen LogP contribution >= 0.6 is 0 Å². The number of carbonyl (C=O) groups excluding carboxylic acids is 1. The van der Waals surface area contributed by atoms with Crippen LogP contribution in [0.2, 0.25) is 0 Å². The smallest absolute Gasteiger partial charge is 0.333 e. The zero-order valence-corrected chi connectivity index (χ0v) is 7.31. The highest BCUT2D eigenvalue weighted by Gasteiger charge is 2.03. The summed E-state index contributed by atoms with van der Waals surface area (Å²) in [6.45, 7) is 9.56. The first-order valence-corrected chi connectivity index (χ1v) is 3.36. The molecule has 0 aromatic carbocycles. The minimum absolute atomic E-state index is 0. The van der Waals surface area contributed by atoms with Gasteiger partial charge >= 0.3 is 5.97 Å². The number of ether oxygens (including phenoxy) is 1. The molecule has 0 unspecified atom stereocenters. The molecule has 0 spiro atoms. The van der Waals surface area contributed by atoms with E-state index in [-0.39, 0.29) is 11.4 Å². The molecular weight excluding hydrogens is 144 g/mol. The van der Waals surface area contributed by atoms with Crippen molar-refractivity contribution in [3.05, 3.63) is 12.2 Å². The van der Waals surface area contributed by atoms with E-state index in [4.69, 9.17) is 4.74 Å². The minimum atomic E-state index is -0.297. The van der Waals surface area contributed by atoms with E-state index in [1.54, 1.807) is 6.92 Å². The van der Waals surface area contributed by atoms with Crippen LogP contribution in [0.5, 0.6) is 0 Å². The molecule has 2 N–H and O–H groups in total. The second-order valence-corrected chi connectivity index (χ2v) is 2.77. The summed E-state index contributed by atoms with van der Waals surface area (Å²) >= 11 is 0. The molecule has 0 rings (SSSR count). The molecule has 0 radical (unpaired) electrons. The molecule has 3 nitrogen and oxygen atoms in total. The van der Waals surface area contributed by atoms with E-state index >= 15 is 0 Å². The second kappa shape index (κ2) is 5.92. The Morgan fingerprint density at radius 1 is 1.55 bits per heavy atom. The summed E-state index contributed by atoms with van der Waals surface area (Å²) in [5.74, 6) is 0.0944. The van der Waals surface area contributed by atoms with E-state index < -0.39 is 0 Å². The fourth-order valence-corrected chi connectivity index (χ4v) is 0.366. The average Bonchev–Trinajstić information content (AvgIpc) is 1.82. The molecule has 0 aromatic heterocycles. The fourth-order valence-electron chi connectivity index (χ4n) is 0.366. The summed E-state index contributed by atoms with van der Waals surface area (Å²) < 4.78 is 4.83. The Hall–Kier alpha value is -0.830. The summed E-state index contributed by atoms with van der Waals surface area (Å²) in [7, 11) is 0. The molecule has 0 aliphatic carbocycles. The maximum Gasteiger partial charge on any atom is 0.333 e. The number of rotatable bonds is 3. The van der Waals surface area contributed by atoms with Crippen molar-refractivity contribution in [3.8, 4) is 0 Å². The molecule has 0 heterocycles. The topological polar surface area (TPSA) is 57.8 Å². The molecular formula is C8H16O3. The van der Waals surface area contributed by atoms with E-state index in [1.165, 1.54) is 0 Å². The van der Waals surface area contributed by atoms with Crippen LogP contribution < -0.4 is 0 Å². The van der Waals surface area contributed by atoms with Crippen LogP contribution in [0.1, 0.15) is 20.8 Å². The maximum absolute atomic E-state index is 10.7. The van der Waals surface area contributed by atoms with Crippen molar-refractivity contribution >= 4 is 5.97 Å². The third-order valence-corrected chi connectivity index (χ3v) is 0.896. The molecule has 0 aromatic rings. The SMILES string of the molecule is C=C(C)C(=O)OCC(C)C.O. The van der Waals surface area contributed by atoms with E-state index in [2.05, 4.69) is 6.58 Å². The van der Waals surface area contributed by atoms with Crippen molar-refractivity contribution in [1.82, 2.24) is 0 Å². The molecule has 0 amide bonds. The standard InChI is InChI=1S/C8H14O2.H2O/c1-6(2)5-10-8(9)7(3)4;/h6H,3,5H2,1-2,4H3;1H2. The molecule has 66 valence electrons. The van der Waals surface area contributed by atoms with Crippen molar-refractivity contribution in [2.75, 3.05) is 6.61 Å². The van der Waals surface area contributed by atoms with Crippen molar-refractivity contribution in [2.24, 2.45) is 5.92 Å². The van der Waals surface area contributed by atoms with Gasteiger partial charge in [-0.2, -0.15) is 0 Å². The van der Waals surface area contributed by atoms with Crippen LogP contribution in [0.3, 0.4) is 0 Å². The van der Waals surface area contributed by atoms with E-state index in [1.807, 2.05) is 13.8 Å². The van der Waals surface area contributed by atoms with Gasteiger partial charge in [0.1, 0.15) is 0 Å².